The Bertz CT molecular complexity index is 850. The number of nitrogens with zero attached hydrogens (tertiary/aromatic N) is 2. The molecule has 0 unspecified atom stereocenters. The first kappa shape index (κ1) is 18.1. The second-order valence-electron chi connectivity index (χ2n) is 6.04. The number of methoxy groups -OCH3 is 1. The lowest BCUT2D eigenvalue weighted by Crippen LogP contribution is -2.15. The van der Waals surface area contributed by atoms with E-state index in [2.05, 4.69) is 10.4 Å². The number of benzene rings is 2. The van der Waals surface area contributed by atoms with Crippen molar-refractivity contribution in [3.8, 4) is 0 Å². The number of ether oxygens (including phenoxy) is 1. The normalized spacial score (nSPS) is 12.1. The summed E-state index contributed by atoms with van der Waals surface area (Å²) in [5, 5.41) is 7.78. The van der Waals surface area contributed by atoms with Crippen molar-refractivity contribution < 1.29 is 13.5 Å². The first-order valence-corrected chi connectivity index (χ1v) is 8.43. The maximum absolute atomic E-state index is 13.7. The van der Waals surface area contributed by atoms with Crippen LogP contribution in [0.2, 0.25) is 0 Å². The molecule has 0 aliphatic heterocycles. The van der Waals surface area contributed by atoms with Gasteiger partial charge in [0, 0.05) is 19.4 Å². The quantitative estimate of drug-likeness (QED) is 0.657. The minimum absolute atomic E-state index is 0.238. The molecule has 1 heterocycles. The Kier molecular flexibility index (Phi) is 5.96. The summed E-state index contributed by atoms with van der Waals surface area (Å²) < 4.78 is 34.0. The highest BCUT2D eigenvalue weighted by atomic mass is 19.1. The van der Waals surface area contributed by atoms with Crippen LogP contribution in [0.4, 0.5) is 14.6 Å². The van der Waals surface area contributed by atoms with E-state index >= 15 is 0 Å². The van der Waals surface area contributed by atoms with Gasteiger partial charge in [-0.25, -0.2) is 8.78 Å². The molecule has 2 aromatic carbocycles. The molecule has 0 saturated carbocycles. The van der Waals surface area contributed by atoms with Crippen LogP contribution in [0, 0.1) is 11.6 Å². The molecule has 4 nitrogen and oxygen atoms in total. The van der Waals surface area contributed by atoms with Gasteiger partial charge in [0.1, 0.15) is 17.5 Å². The fraction of sp³-hybridized carbons (Fsp3) is 0.250. The van der Waals surface area contributed by atoms with Gasteiger partial charge >= 0.3 is 0 Å². The number of rotatable bonds is 8. The van der Waals surface area contributed by atoms with E-state index in [1.54, 1.807) is 23.9 Å². The summed E-state index contributed by atoms with van der Waals surface area (Å²) in [5.74, 6) is 0.0790. The van der Waals surface area contributed by atoms with Crippen LogP contribution in [-0.2, 0) is 17.7 Å². The van der Waals surface area contributed by atoms with Gasteiger partial charge in [0.25, 0.3) is 0 Å². The molecule has 0 amide bonds. The van der Waals surface area contributed by atoms with Crippen LogP contribution >= 0.6 is 0 Å². The Morgan fingerprint density at radius 3 is 2.58 bits per heavy atom. The van der Waals surface area contributed by atoms with E-state index in [0.717, 1.165) is 11.1 Å². The standard InChI is InChI=1S/C20H21F2N3O/c1-26-11-10-25-9-8-20(24-25)23-19(16-5-3-7-18(22)14-16)13-15-4-2-6-17(21)12-15/h2-9,12,14,19H,10-11,13H2,1H3,(H,23,24)/t19-/m0/s1. The van der Waals surface area contributed by atoms with E-state index in [-0.39, 0.29) is 17.7 Å². The Hall–Kier alpha value is -2.73. The summed E-state index contributed by atoms with van der Waals surface area (Å²) >= 11 is 0. The first-order chi connectivity index (χ1) is 12.6. The Balaban J connectivity index is 1.81. The SMILES string of the molecule is COCCn1ccc(N[C@@H](Cc2cccc(F)c2)c2cccc(F)c2)n1. The smallest absolute Gasteiger partial charge is 0.148 e. The molecule has 1 N–H and O–H groups in total. The van der Waals surface area contributed by atoms with Crippen LogP contribution in [0.15, 0.2) is 60.8 Å². The van der Waals surface area contributed by atoms with Crippen LogP contribution in [-0.4, -0.2) is 23.5 Å². The topological polar surface area (TPSA) is 39.1 Å². The molecule has 0 spiro atoms. The zero-order valence-corrected chi connectivity index (χ0v) is 14.5. The highest BCUT2D eigenvalue weighted by Crippen LogP contribution is 2.24. The summed E-state index contributed by atoms with van der Waals surface area (Å²) in [5.41, 5.74) is 1.60. The number of aromatic nitrogens is 2. The van der Waals surface area contributed by atoms with Gasteiger partial charge in [-0.05, 0) is 41.8 Å². The average molecular weight is 357 g/mol. The maximum Gasteiger partial charge on any atom is 0.148 e. The van der Waals surface area contributed by atoms with Crippen LogP contribution in [0.5, 0.6) is 0 Å². The van der Waals surface area contributed by atoms with E-state index < -0.39 is 0 Å². The second-order valence-corrected chi connectivity index (χ2v) is 6.04. The van der Waals surface area contributed by atoms with Gasteiger partial charge in [0.05, 0.1) is 19.2 Å². The average Bonchev–Trinajstić information content (AvgIpc) is 3.07. The lowest BCUT2D eigenvalue weighted by atomic mass is 9.98. The molecule has 136 valence electrons. The van der Waals surface area contributed by atoms with E-state index in [1.807, 2.05) is 24.4 Å². The van der Waals surface area contributed by atoms with Gasteiger partial charge in [0.2, 0.25) is 0 Å². The minimum Gasteiger partial charge on any atom is -0.383 e. The van der Waals surface area contributed by atoms with Gasteiger partial charge in [0.15, 0.2) is 0 Å². The van der Waals surface area contributed by atoms with Crippen molar-refractivity contribution in [1.29, 1.82) is 0 Å². The molecule has 3 rings (SSSR count). The summed E-state index contributed by atoms with van der Waals surface area (Å²) in [6.45, 7) is 1.21. The molecule has 0 bridgehead atoms. The Labute approximate surface area is 151 Å². The largest absolute Gasteiger partial charge is 0.383 e. The third kappa shape index (κ3) is 4.89. The first-order valence-electron chi connectivity index (χ1n) is 8.43. The number of nitrogens with one attached hydrogen (secondary N) is 1. The molecule has 0 aliphatic rings. The lowest BCUT2D eigenvalue weighted by molar-refractivity contribution is 0.183. The molecule has 0 aliphatic carbocycles. The fourth-order valence-corrected chi connectivity index (χ4v) is 2.80. The van der Waals surface area contributed by atoms with E-state index in [1.165, 1.54) is 24.3 Å². The zero-order chi connectivity index (χ0) is 18.4. The van der Waals surface area contributed by atoms with Crippen molar-refractivity contribution in [2.45, 2.75) is 19.0 Å². The Morgan fingerprint density at radius 1 is 1.08 bits per heavy atom. The molecular weight excluding hydrogens is 336 g/mol. The second kappa shape index (κ2) is 8.58. The molecule has 3 aromatic rings. The molecule has 0 saturated heterocycles. The van der Waals surface area contributed by atoms with Crippen LogP contribution in [0.3, 0.4) is 0 Å². The zero-order valence-electron chi connectivity index (χ0n) is 14.5. The third-order valence-electron chi connectivity index (χ3n) is 4.07. The van der Waals surface area contributed by atoms with Crippen molar-refractivity contribution >= 4 is 5.82 Å². The van der Waals surface area contributed by atoms with Crippen molar-refractivity contribution in [3.63, 3.8) is 0 Å². The van der Waals surface area contributed by atoms with Gasteiger partial charge in [-0.15, -0.1) is 0 Å². The number of hydrogen-bond acceptors (Lipinski definition) is 3. The van der Waals surface area contributed by atoms with Crippen LogP contribution < -0.4 is 5.32 Å². The van der Waals surface area contributed by atoms with E-state index in [0.29, 0.717) is 25.4 Å². The van der Waals surface area contributed by atoms with Crippen molar-refractivity contribution in [2.75, 3.05) is 19.0 Å². The van der Waals surface area contributed by atoms with Gasteiger partial charge in [-0.3, -0.25) is 4.68 Å². The predicted octanol–water partition coefficient (Wildman–Crippen LogP) is 4.20. The summed E-state index contributed by atoms with van der Waals surface area (Å²) in [7, 11) is 1.64. The minimum atomic E-state index is -0.306. The highest BCUT2D eigenvalue weighted by Gasteiger charge is 2.15. The van der Waals surface area contributed by atoms with E-state index in [4.69, 9.17) is 4.74 Å². The van der Waals surface area contributed by atoms with E-state index in [9.17, 15) is 8.78 Å². The number of hydrogen-bond donors (Lipinski definition) is 1. The van der Waals surface area contributed by atoms with Gasteiger partial charge in [-0.1, -0.05) is 24.3 Å². The number of anilines is 1. The highest BCUT2D eigenvalue weighted by molar-refractivity contribution is 5.38. The summed E-state index contributed by atoms with van der Waals surface area (Å²) in [6.07, 6.45) is 2.36. The fourth-order valence-electron chi connectivity index (χ4n) is 2.80. The van der Waals surface area contributed by atoms with Crippen LogP contribution in [0.1, 0.15) is 17.2 Å². The van der Waals surface area contributed by atoms with Crippen molar-refractivity contribution in [1.82, 2.24) is 9.78 Å². The Morgan fingerprint density at radius 2 is 1.85 bits per heavy atom. The maximum atomic E-state index is 13.7. The molecule has 0 radical (unpaired) electrons. The number of halogens is 2. The lowest BCUT2D eigenvalue weighted by Gasteiger charge is -2.19. The molecule has 0 fully saturated rings. The molecule has 26 heavy (non-hydrogen) atoms. The molecular formula is C20H21F2N3O. The summed E-state index contributed by atoms with van der Waals surface area (Å²) in [4.78, 5) is 0. The monoisotopic (exact) mass is 357 g/mol. The van der Waals surface area contributed by atoms with Crippen molar-refractivity contribution in [2.24, 2.45) is 0 Å². The van der Waals surface area contributed by atoms with Gasteiger partial charge < -0.3 is 10.1 Å². The van der Waals surface area contributed by atoms with Gasteiger partial charge in [-0.2, -0.15) is 5.10 Å². The van der Waals surface area contributed by atoms with Crippen molar-refractivity contribution in [3.05, 3.63) is 83.6 Å². The summed E-state index contributed by atoms with van der Waals surface area (Å²) in [6, 6.07) is 14.5. The molecule has 1 atom stereocenters. The third-order valence-corrected chi connectivity index (χ3v) is 4.07. The molecule has 6 heteroatoms. The van der Waals surface area contributed by atoms with Crippen LogP contribution in [0.25, 0.3) is 0 Å². The molecule has 1 aromatic heterocycles. The predicted molar refractivity (Wildman–Crippen MR) is 97.0 cm³/mol.